The van der Waals surface area contributed by atoms with E-state index < -0.39 is 0 Å². The largest absolute Gasteiger partial charge is 0.374 e. The van der Waals surface area contributed by atoms with E-state index in [0.29, 0.717) is 6.10 Å². The zero-order valence-electron chi connectivity index (χ0n) is 6.95. The Balaban J connectivity index is 2.02. The second kappa shape index (κ2) is 3.09. The number of fused-ring (bicyclic) bond motifs is 2. The number of hydrogen-bond donors (Lipinski definition) is 0. The fourth-order valence-corrected chi connectivity index (χ4v) is 1.69. The van der Waals surface area contributed by atoms with Crippen LogP contribution in [-0.4, -0.2) is 50.0 Å². The van der Waals surface area contributed by atoms with Gasteiger partial charge in [-0.3, -0.25) is 4.90 Å². The van der Waals surface area contributed by atoms with Gasteiger partial charge >= 0.3 is 0 Å². The van der Waals surface area contributed by atoms with Gasteiger partial charge < -0.3 is 9.47 Å². The molecule has 64 valence electrons. The van der Waals surface area contributed by atoms with Gasteiger partial charge in [0.2, 0.25) is 0 Å². The summed E-state index contributed by atoms with van der Waals surface area (Å²) in [6.07, 6.45) is 0.589. The summed E-state index contributed by atoms with van der Waals surface area (Å²) < 4.78 is 11.1. The first-order chi connectivity index (χ1) is 5.36. The van der Waals surface area contributed by atoms with Crippen LogP contribution in [0.5, 0.6) is 0 Å². The molecule has 0 aromatic carbocycles. The van der Waals surface area contributed by atoms with Crippen molar-refractivity contribution < 1.29 is 9.47 Å². The normalized spacial score (nSPS) is 45.0. The van der Waals surface area contributed by atoms with Crippen molar-refractivity contribution in [2.45, 2.75) is 19.1 Å². The number of rotatable bonds is 0. The Morgan fingerprint density at radius 3 is 2.73 bits per heavy atom. The predicted octanol–water partition coefficient (Wildman–Crippen LogP) is 0.106. The Hall–Kier alpha value is -0.120. The Kier molecular flexibility index (Phi) is 2.11. The van der Waals surface area contributed by atoms with E-state index in [9.17, 15) is 0 Å². The van der Waals surface area contributed by atoms with Gasteiger partial charge in [0.25, 0.3) is 0 Å². The monoisotopic (exact) mass is 157 g/mol. The van der Waals surface area contributed by atoms with Crippen molar-refractivity contribution in [3.8, 4) is 0 Å². The quantitative estimate of drug-likeness (QED) is 0.498. The van der Waals surface area contributed by atoms with Crippen LogP contribution in [0.4, 0.5) is 0 Å². The maximum atomic E-state index is 5.57. The third kappa shape index (κ3) is 1.55. The number of nitrogens with zero attached hydrogens (tertiary/aromatic N) is 1. The zero-order chi connectivity index (χ0) is 7.68. The first-order valence-corrected chi connectivity index (χ1v) is 4.32. The van der Waals surface area contributed by atoms with Crippen LogP contribution in [0.15, 0.2) is 0 Å². The highest BCUT2D eigenvalue weighted by Gasteiger charge is 2.28. The standard InChI is InChI=1S/C8H15NO2/c1-7-8-6-9(2-4-10-7)3-5-11-8/h7-8H,2-6H2,1H3/t7-,8+/m0/s1. The van der Waals surface area contributed by atoms with Crippen LogP contribution in [0.25, 0.3) is 0 Å². The van der Waals surface area contributed by atoms with Crippen molar-refractivity contribution in [1.82, 2.24) is 4.90 Å². The van der Waals surface area contributed by atoms with Gasteiger partial charge in [-0.25, -0.2) is 0 Å². The van der Waals surface area contributed by atoms with Crippen LogP contribution in [0.1, 0.15) is 6.92 Å². The lowest BCUT2D eigenvalue weighted by Crippen LogP contribution is -2.44. The summed E-state index contributed by atoms with van der Waals surface area (Å²) >= 11 is 0. The van der Waals surface area contributed by atoms with Crippen LogP contribution in [0, 0.1) is 0 Å². The summed E-state index contributed by atoms with van der Waals surface area (Å²) in [7, 11) is 0. The Bertz CT molecular complexity index is 138. The minimum absolute atomic E-state index is 0.278. The van der Waals surface area contributed by atoms with E-state index in [0.717, 1.165) is 32.8 Å². The predicted molar refractivity (Wildman–Crippen MR) is 41.6 cm³/mol. The Morgan fingerprint density at radius 1 is 1.18 bits per heavy atom. The van der Waals surface area contributed by atoms with E-state index in [1.165, 1.54) is 0 Å². The molecule has 0 N–H and O–H groups in total. The molecule has 3 heteroatoms. The molecular weight excluding hydrogens is 142 g/mol. The molecule has 0 radical (unpaired) electrons. The molecule has 2 aliphatic rings. The van der Waals surface area contributed by atoms with Crippen LogP contribution in [0.2, 0.25) is 0 Å². The fraction of sp³-hybridized carbons (Fsp3) is 1.00. The van der Waals surface area contributed by atoms with Gasteiger partial charge in [0.1, 0.15) is 0 Å². The van der Waals surface area contributed by atoms with Crippen molar-refractivity contribution in [2.24, 2.45) is 0 Å². The second-order valence-electron chi connectivity index (χ2n) is 3.29. The van der Waals surface area contributed by atoms with Crippen molar-refractivity contribution in [3.63, 3.8) is 0 Å². The molecule has 2 aliphatic heterocycles. The van der Waals surface area contributed by atoms with E-state index in [-0.39, 0.29) is 6.10 Å². The van der Waals surface area contributed by atoms with Crippen molar-refractivity contribution >= 4 is 0 Å². The topological polar surface area (TPSA) is 21.7 Å². The molecule has 2 heterocycles. The van der Waals surface area contributed by atoms with Gasteiger partial charge in [0.15, 0.2) is 0 Å². The SMILES string of the molecule is C[C@@H]1OCCN2CCO[C@@H]1C2. The molecule has 1 unspecified atom stereocenters. The van der Waals surface area contributed by atoms with Crippen molar-refractivity contribution in [1.29, 1.82) is 0 Å². The minimum atomic E-state index is 0.278. The van der Waals surface area contributed by atoms with Crippen molar-refractivity contribution in [3.05, 3.63) is 0 Å². The van der Waals surface area contributed by atoms with Gasteiger partial charge in [0, 0.05) is 19.6 Å². The first-order valence-electron chi connectivity index (χ1n) is 4.32. The van der Waals surface area contributed by atoms with E-state index in [1.54, 1.807) is 0 Å². The second-order valence-corrected chi connectivity index (χ2v) is 3.29. The lowest BCUT2D eigenvalue weighted by molar-refractivity contribution is -0.0723. The van der Waals surface area contributed by atoms with Crippen molar-refractivity contribution in [2.75, 3.05) is 32.8 Å². The van der Waals surface area contributed by atoms with Crippen LogP contribution in [0.3, 0.4) is 0 Å². The third-order valence-corrected chi connectivity index (χ3v) is 2.49. The van der Waals surface area contributed by atoms with E-state index in [2.05, 4.69) is 11.8 Å². The summed E-state index contributed by atoms with van der Waals surface area (Å²) in [5.41, 5.74) is 0. The lowest BCUT2D eigenvalue weighted by atomic mass is 10.2. The third-order valence-electron chi connectivity index (χ3n) is 2.49. The van der Waals surface area contributed by atoms with Gasteiger partial charge in [-0.1, -0.05) is 0 Å². The molecule has 0 aromatic heterocycles. The smallest absolute Gasteiger partial charge is 0.0961 e. The summed E-state index contributed by atoms with van der Waals surface area (Å²) in [5, 5.41) is 0. The maximum absolute atomic E-state index is 5.57. The molecule has 0 amide bonds. The van der Waals surface area contributed by atoms with Crippen LogP contribution in [-0.2, 0) is 9.47 Å². The fourth-order valence-electron chi connectivity index (χ4n) is 1.69. The Labute approximate surface area is 67.3 Å². The molecular formula is C8H15NO2. The average molecular weight is 157 g/mol. The molecule has 0 spiro atoms. The summed E-state index contributed by atoms with van der Waals surface area (Å²) in [4.78, 5) is 2.41. The molecule has 3 nitrogen and oxygen atoms in total. The summed E-state index contributed by atoms with van der Waals surface area (Å²) in [5.74, 6) is 0. The Morgan fingerprint density at radius 2 is 1.91 bits per heavy atom. The highest BCUT2D eigenvalue weighted by atomic mass is 16.5. The number of morpholine rings is 1. The molecule has 2 rings (SSSR count). The van der Waals surface area contributed by atoms with Gasteiger partial charge in [-0.05, 0) is 6.92 Å². The first kappa shape index (κ1) is 7.53. The van der Waals surface area contributed by atoms with E-state index in [4.69, 9.17) is 9.47 Å². The molecule has 0 aromatic rings. The molecule has 0 aliphatic carbocycles. The highest BCUT2D eigenvalue weighted by Crippen LogP contribution is 2.14. The summed E-state index contributed by atoms with van der Waals surface area (Å²) in [6.45, 7) is 7.04. The van der Waals surface area contributed by atoms with Crippen LogP contribution >= 0.6 is 0 Å². The zero-order valence-corrected chi connectivity index (χ0v) is 6.95. The highest BCUT2D eigenvalue weighted by molar-refractivity contribution is 4.78. The van der Waals surface area contributed by atoms with Gasteiger partial charge in [-0.15, -0.1) is 0 Å². The maximum Gasteiger partial charge on any atom is 0.0961 e. The minimum Gasteiger partial charge on any atom is -0.374 e. The van der Waals surface area contributed by atoms with E-state index in [1.807, 2.05) is 0 Å². The van der Waals surface area contributed by atoms with E-state index >= 15 is 0 Å². The van der Waals surface area contributed by atoms with Crippen LogP contribution < -0.4 is 0 Å². The molecule has 2 bridgehead atoms. The van der Waals surface area contributed by atoms with Gasteiger partial charge in [-0.2, -0.15) is 0 Å². The molecule has 2 fully saturated rings. The number of hydrogen-bond acceptors (Lipinski definition) is 3. The average Bonchev–Trinajstić information content (AvgIpc) is 2.14. The van der Waals surface area contributed by atoms with Gasteiger partial charge in [0.05, 0.1) is 25.4 Å². The lowest BCUT2D eigenvalue weighted by Gasteiger charge is -2.31. The molecule has 2 saturated heterocycles. The molecule has 0 saturated carbocycles. The molecule has 3 atom stereocenters. The number of ether oxygens (including phenoxy) is 2. The summed E-state index contributed by atoms with van der Waals surface area (Å²) in [6, 6.07) is 0. The molecule has 11 heavy (non-hydrogen) atoms.